The summed E-state index contributed by atoms with van der Waals surface area (Å²) in [5.74, 6) is -1.11. The maximum atomic E-state index is 16.0. The van der Waals surface area contributed by atoms with Gasteiger partial charge in [0.15, 0.2) is 5.82 Å². The number of rotatable bonds is 11. The van der Waals surface area contributed by atoms with Gasteiger partial charge >= 0.3 is 0 Å². The molecule has 4 aromatic rings. The third-order valence-corrected chi connectivity index (χ3v) is 9.65. The molecule has 0 bridgehead atoms. The van der Waals surface area contributed by atoms with Crippen LogP contribution in [0.3, 0.4) is 0 Å². The van der Waals surface area contributed by atoms with Gasteiger partial charge in [-0.25, -0.2) is 9.37 Å². The predicted octanol–water partition coefficient (Wildman–Crippen LogP) is 5.27. The lowest BCUT2D eigenvalue weighted by molar-refractivity contribution is -0.117. The molecule has 4 aromatic heterocycles. The zero-order valence-corrected chi connectivity index (χ0v) is 27.3. The van der Waals surface area contributed by atoms with Crippen molar-refractivity contribution in [1.29, 1.82) is 0 Å². The van der Waals surface area contributed by atoms with Crippen LogP contribution in [-0.2, 0) is 23.3 Å². The lowest BCUT2D eigenvalue weighted by atomic mass is 10.2. The Bertz CT molecular complexity index is 1680. The quantitative estimate of drug-likeness (QED) is 0.173. The van der Waals surface area contributed by atoms with Crippen molar-refractivity contribution in [2.75, 3.05) is 30.3 Å². The number of anilines is 2. The molecular formula is C31H41FN8O3Si. The second-order valence-electron chi connectivity index (χ2n) is 12.8. The van der Waals surface area contributed by atoms with E-state index in [0.717, 1.165) is 25.4 Å². The van der Waals surface area contributed by atoms with Crippen LogP contribution in [-0.4, -0.2) is 74.8 Å². The summed E-state index contributed by atoms with van der Waals surface area (Å²) in [5, 5.41) is 10.1. The first-order chi connectivity index (χ1) is 20.9. The van der Waals surface area contributed by atoms with Gasteiger partial charge in [-0.15, -0.1) is 0 Å². The first-order valence-electron chi connectivity index (χ1n) is 15.0. The van der Waals surface area contributed by atoms with E-state index in [-0.39, 0.29) is 23.6 Å². The van der Waals surface area contributed by atoms with E-state index >= 15 is 4.39 Å². The fourth-order valence-electron chi connectivity index (χ4n) is 5.33. The minimum absolute atomic E-state index is 0.119. The fourth-order valence-corrected chi connectivity index (χ4v) is 6.09. The number of fused-ring (bicyclic) bond motifs is 1. The Morgan fingerprint density at radius 1 is 1.14 bits per heavy atom. The number of nitrogens with zero attached hydrogens (tertiary/aromatic N) is 6. The smallest absolute Gasteiger partial charge is 0.257 e. The number of nitrogens with one attached hydrogen (secondary N) is 2. The first-order valence-corrected chi connectivity index (χ1v) is 18.7. The SMILES string of the molecule is Cc1ncc(NC(=O)CN2CCC[C@@H]2C)cc1NC(=O)c1cnc2c(c1)c(F)c(-c1cnn(C)c1)n2COCC[Si](C)(C)C. The monoisotopic (exact) mass is 620 g/mol. The summed E-state index contributed by atoms with van der Waals surface area (Å²) in [4.78, 5) is 37.0. The van der Waals surface area contributed by atoms with Gasteiger partial charge in [0.2, 0.25) is 5.91 Å². The van der Waals surface area contributed by atoms with Gasteiger partial charge in [-0.3, -0.25) is 28.7 Å². The molecule has 1 fully saturated rings. The Balaban J connectivity index is 1.36. The number of pyridine rings is 2. The van der Waals surface area contributed by atoms with Crippen molar-refractivity contribution in [3.8, 4) is 11.3 Å². The van der Waals surface area contributed by atoms with Crippen molar-refractivity contribution in [1.82, 2.24) is 29.2 Å². The molecule has 0 aromatic carbocycles. The van der Waals surface area contributed by atoms with Gasteiger partial charge in [0.1, 0.15) is 12.4 Å². The number of likely N-dealkylation sites (tertiary alicyclic amines) is 1. The van der Waals surface area contributed by atoms with E-state index in [1.54, 1.807) is 47.9 Å². The molecule has 5 heterocycles. The van der Waals surface area contributed by atoms with E-state index in [9.17, 15) is 9.59 Å². The van der Waals surface area contributed by atoms with E-state index in [0.29, 0.717) is 53.2 Å². The van der Waals surface area contributed by atoms with E-state index in [1.807, 2.05) is 0 Å². The number of aryl methyl sites for hydroxylation is 2. The summed E-state index contributed by atoms with van der Waals surface area (Å²) >= 11 is 0. The number of ether oxygens (including phenoxy) is 1. The number of aromatic nitrogens is 5. The van der Waals surface area contributed by atoms with Gasteiger partial charge in [0.05, 0.1) is 52.7 Å². The van der Waals surface area contributed by atoms with Crippen molar-refractivity contribution in [2.24, 2.45) is 7.05 Å². The molecule has 1 aliphatic heterocycles. The Hall–Kier alpha value is -3.94. The van der Waals surface area contributed by atoms with Crippen LogP contribution in [0, 0.1) is 12.7 Å². The molecule has 0 spiro atoms. The summed E-state index contributed by atoms with van der Waals surface area (Å²) < 4.78 is 25.3. The molecule has 13 heteroatoms. The average Bonchev–Trinajstić information content (AvgIpc) is 3.65. The van der Waals surface area contributed by atoms with Gasteiger partial charge < -0.3 is 15.4 Å². The highest BCUT2D eigenvalue weighted by molar-refractivity contribution is 6.76. The zero-order valence-electron chi connectivity index (χ0n) is 26.3. The van der Waals surface area contributed by atoms with Gasteiger partial charge in [0.25, 0.3) is 5.91 Å². The highest BCUT2D eigenvalue weighted by Crippen LogP contribution is 2.32. The number of carbonyl (C=O) groups excluding carboxylic acids is 2. The molecule has 0 aliphatic carbocycles. The van der Waals surface area contributed by atoms with E-state index in [4.69, 9.17) is 4.74 Å². The van der Waals surface area contributed by atoms with Crippen LogP contribution in [0.25, 0.3) is 22.3 Å². The van der Waals surface area contributed by atoms with Crippen LogP contribution in [0.4, 0.5) is 15.8 Å². The Kier molecular flexibility index (Phi) is 9.28. The van der Waals surface area contributed by atoms with Gasteiger partial charge in [-0.05, 0) is 51.4 Å². The summed E-state index contributed by atoms with van der Waals surface area (Å²) in [7, 11) is 0.463. The second kappa shape index (κ2) is 13.0. The summed E-state index contributed by atoms with van der Waals surface area (Å²) in [6.07, 6.45) is 8.49. The molecule has 11 nitrogen and oxygen atoms in total. The molecule has 5 rings (SSSR count). The van der Waals surface area contributed by atoms with Crippen LogP contribution < -0.4 is 10.6 Å². The largest absolute Gasteiger partial charge is 0.361 e. The highest BCUT2D eigenvalue weighted by Gasteiger charge is 2.24. The average molecular weight is 621 g/mol. The molecule has 2 N–H and O–H groups in total. The van der Waals surface area contributed by atoms with E-state index < -0.39 is 19.8 Å². The molecule has 1 aliphatic rings. The number of amides is 2. The van der Waals surface area contributed by atoms with Crippen molar-refractivity contribution < 1.29 is 18.7 Å². The maximum Gasteiger partial charge on any atom is 0.257 e. The Labute approximate surface area is 257 Å². The third-order valence-electron chi connectivity index (χ3n) is 7.95. The second-order valence-corrected chi connectivity index (χ2v) is 18.4. The van der Waals surface area contributed by atoms with Crippen LogP contribution in [0.15, 0.2) is 36.9 Å². The van der Waals surface area contributed by atoms with Crippen LogP contribution in [0.5, 0.6) is 0 Å². The lowest BCUT2D eigenvalue weighted by Gasteiger charge is -2.20. The summed E-state index contributed by atoms with van der Waals surface area (Å²) in [6.45, 7) is 12.6. The van der Waals surface area contributed by atoms with Crippen LogP contribution in [0.2, 0.25) is 25.7 Å². The van der Waals surface area contributed by atoms with E-state index in [2.05, 4.69) is 57.2 Å². The highest BCUT2D eigenvalue weighted by atomic mass is 28.3. The molecule has 2 amide bonds. The summed E-state index contributed by atoms with van der Waals surface area (Å²) in [5.41, 5.74) is 2.94. The molecule has 0 saturated carbocycles. The van der Waals surface area contributed by atoms with Crippen molar-refractivity contribution in [2.45, 2.75) is 65.1 Å². The minimum atomic E-state index is -1.31. The van der Waals surface area contributed by atoms with Crippen molar-refractivity contribution in [3.63, 3.8) is 0 Å². The lowest BCUT2D eigenvalue weighted by Crippen LogP contribution is -2.35. The molecule has 1 saturated heterocycles. The minimum Gasteiger partial charge on any atom is -0.361 e. The molecule has 1 atom stereocenters. The topological polar surface area (TPSA) is 119 Å². The number of hydrogen-bond donors (Lipinski definition) is 2. The fraction of sp³-hybridized carbons (Fsp3) is 0.452. The maximum absolute atomic E-state index is 16.0. The molecule has 0 radical (unpaired) electrons. The Morgan fingerprint density at radius 3 is 2.61 bits per heavy atom. The summed E-state index contributed by atoms with van der Waals surface area (Å²) in [6, 6.07) is 4.53. The number of carbonyl (C=O) groups is 2. The first kappa shape index (κ1) is 31.5. The van der Waals surface area contributed by atoms with Gasteiger partial charge in [0, 0.05) is 45.7 Å². The Morgan fingerprint density at radius 2 is 1.93 bits per heavy atom. The van der Waals surface area contributed by atoms with Crippen molar-refractivity contribution >= 4 is 42.3 Å². The number of halogens is 1. The molecule has 44 heavy (non-hydrogen) atoms. The number of hydrogen-bond acceptors (Lipinski definition) is 7. The van der Waals surface area contributed by atoms with Crippen LogP contribution >= 0.6 is 0 Å². The van der Waals surface area contributed by atoms with Crippen molar-refractivity contribution in [3.05, 3.63) is 54.0 Å². The zero-order chi connectivity index (χ0) is 31.6. The van der Waals surface area contributed by atoms with Gasteiger partial charge in [-0.1, -0.05) is 19.6 Å². The molecule has 234 valence electrons. The standard InChI is InChI=1S/C31H41FN8O3Si/c1-20-8-7-9-39(20)18-27(41)36-24-13-26(21(2)33-16-24)37-31(42)22-12-25-28(32)29(23-15-35-38(3)17-23)40(30(25)34-14-22)19-43-10-11-44(4,5)6/h12-17,20H,7-11,18-19H2,1-6H3,(H,36,41)(H,37,42)/t20-/m0/s1. The third kappa shape index (κ3) is 7.22. The van der Waals surface area contributed by atoms with E-state index in [1.165, 1.54) is 12.3 Å². The normalized spacial score (nSPS) is 15.7. The molecule has 0 unspecified atom stereocenters. The molecular weight excluding hydrogens is 579 g/mol. The van der Waals surface area contributed by atoms with Crippen LogP contribution in [0.1, 0.15) is 35.8 Å². The predicted molar refractivity (Wildman–Crippen MR) is 172 cm³/mol. The van der Waals surface area contributed by atoms with Gasteiger partial charge in [-0.2, -0.15) is 5.10 Å².